The van der Waals surface area contributed by atoms with Gasteiger partial charge in [-0.2, -0.15) is 0 Å². The van der Waals surface area contributed by atoms with Crippen LogP contribution in [-0.4, -0.2) is 33.4 Å². The monoisotopic (exact) mass is 336 g/mol. The molecule has 124 valence electrons. The van der Waals surface area contributed by atoms with E-state index in [1.165, 1.54) is 6.07 Å². The molecular formula is C16H20N2O4S. The highest BCUT2D eigenvalue weighted by atomic mass is 32.2. The van der Waals surface area contributed by atoms with Crippen molar-refractivity contribution >= 4 is 15.7 Å². The van der Waals surface area contributed by atoms with E-state index in [-0.39, 0.29) is 4.90 Å². The number of methoxy groups -OCH3 is 1. The average Bonchev–Trinajstić information content (AvgIpc) is 2.53. The first-order chi connectivity index (χ1) is 11.0. The summed E-state index contributed by atoms with van der Waals surface area (Å²) in [6.07, 6.45) is 2.71. The van der Waals surface area contributed by atoms with Crippen LogP contribution in [0.1, 0.15) is 12.5 Å². The minimum absolute atomic E-state index is 0.179. The Morgan fingerprint density at radius 3 is 2.65 bits per heavy atom. The van der Waals surface area contributed by atoms with Gasteiger partial charge in [0.15, 0.2) is 21.3 Å². The Labute approximate surface area is 136 Å². The smallest absolute Gasteiger partial charge is 0.179 e. The van der Waals surface area contributed by atoms with Crippen LogP contribution in [0.5, 0.6) is 11.5 Å². The van der Waals surface area contributed by atoms with Crippen LogP contribution in [0.4, 0.5) is 5.82 Å². The lowest BCUT2D eigenvalue weighted by atomic mass is 10.2. The zero-order valence-corrected chi connectivity index (χ0v) is 14.2. The summed E-state index contributed by atoms with van der Waals surface area (Å²) >= 11 is 0. The Kier molecular flexibility index (Phi) is 5.44. The van der Waals surface area contributed by atoms with Crippen molar-refractivity contribution in [3.63, 3.8) is 0 Å². The second-order valence-electron chi connectivity index (χ2n) is 4.89. The Bertz CT molecular complexity index is 775. The average molecular weight is 336 g/mol. The molecule has 1 aromatic carbocycles. The molecule has 0 fully saturated rings. The predicted octanol–water partition coefficient (Wildman–Crippen LogP) is 2.50. The van der Waals surface area contributed by atoms with E-state index >= 15 is 0 Å². The minimum atomic E-state index is -3.34. The third-order valence-corrected chi connectivity index (χ3v) is 4.29. The van der Waals surface area contributed by atoms with Crippen molar-refractivity contribution in [2.45, 2.75) is 18.4 Å². The van der Waals surface area contributed by atoms with Gasteiger partial charge >= 0.3 is 0 Å². The van der Waals surface area contributed by atoms with Crippen LogP contribution in [-0.2, 0) is 16.4 Å². The lowest BCUT2D eigenvalue weighted by Crippen LogP contribution is -2.08. The molecule has 7 heteroatoms. The van der Waals surface area contributed by atoms with Crippen molar-refractivity contribution in [3.8, 4) is 11.5 Å². The lowest BCUT2D eigenvalue weighted by Gasteiger charge is -2.13. The molecule has 0 bridgehead atoms. The molecular weight excluding hydrogens is 316 g/mol. The molecule has 0 saturated heterocycles. The summed E-state index contributed by atoms with van der Waals surface area (Å²) in [6.45, 7) is 2.85. The largest absolute Gasteiger partial charge is 0.493 e. The Hall–Kier alpha value is -2.28. The molecule has 0 atom stereocenters. The molecule has 0 radical (unpaired) electrons. The first-order valence-corrected chi connectivity index (χ1v) is 9.03. The predicted molar refractivity (Wildman–Crippen MR) is 88.8 cm³/mol. The van der Waals surface area contributed by atoms with Crippen molar-refractivity contribution in [1.82, 2.24) is 4.98 Å². The van der Waals surface area contributed by atoms with Crippen LogP contribution in [0.15, 0.2) is 41.4 Å². The van der Waals surface area contributed by atoms with E-state index < -0.39 is 9.84 Å². The van der Waals surface area contributed by atoms with E-state index in [1.54, 1.807) is 19.4 Å². The van der Waals surface area contributed by atoms with Crippen LogP contribution < -0.4 is 14.8 Å². The fourth-order valence-electron chi connectivity index (χ4n) is 2.11. The summed E-state index contributed by atoms with van der Waals surface area (Å²) in [5.41, 5.74) is 0.930. The quantitative estimate of drug-likeness (QED) is 0.837. The number of rotatable bonds is 7. The van der Waals surface area contributed by atoms with Gasteiger partial charge in [0.2, 0.25) is 0 Å². The summed E-state index contributed by atoms with van der Waals surface area (Å²) in [6, 6.07) is 8.69. The van der Waals surface area contributed by atoms with Gasteiger partial charge in [0.25, 0.3) is 0 Å². The third kappa shape index (κ3) is 4.35. The number of pyridine rings is 1. The number of ether oxygens (including phenoxy) is 2. The SMILES string of the molecule is CCOc1cc(CNc2ncccc2S(C)(=O)=O)ccc1OC. The standard InChI is InChI=1S/C16H20N2O4S/c1-4-22-14-10-12(7-8-13(14)21-2)11-18-16-15(23(3,19)20)6-5-9-17-16/h5-10H,4,11H2,1-3H3,(H,17,18). The van der Waals surface area contributed by atoms with Crippen LogP contribution in [0.25, 0.3) is 0 Å². The zero-order chi connectivity index (χ0) is 16.9. The molecule has 1 aromatic heterocycles. The van der Waals surface area contributed by atoms with Crippen molar-refractivity contribution in [2.24, 2.45) is 0 Å². The summed E-state index contributed by atoms with van der Waals surface area (Å²) in [4.78, 5) is 4.29. The number of hydrogen-bond donors (Lipinski definition) is 1. The van der Waals surface area contributed by atoms with Gasteiger partial charge in [0, 0.05) is 19.0 Å². The van der Waals surface area contributed by atoms with E-state index in [0.717, 1.165) is 11.8 Å². The highest BCUT2D eigenvalue weighted by Crippen LogP contribution is 2.28. The van der Waals surface area contributed by atoms with E-state index in [0.29, 0.717) is 30.5 Å². The van der Waals surface area contributed by atoms with Gasteiger partial charge in [-0.3, -0.25) is 0 Å². The Balaban J connectivity index is 2.20. The molecule has 0 spiro atoms. The fraction of sp³-hybridized carbons (Fsp3) is 0.312. The number of hydrogen-bond acceptors (Lipinski definition) is 6. The molecule has 2 rings (SSSR count). The maximum atomic E-state index is 11.8. The topological polar surface area (TPSA) is 77.5 Å². The number of aromatic nitrogens is 1. The molecule has 0 amide bonds. The third-order valence-electron chi connectivity index (χ3n) is 3.16. The first-order valence-electron chi connectivity index (χ1n) is 7.14. The Morgan fingerprint density at radius 2 is 2.00 bits per heavy atom. The van der Waals surface area contributed by atoms with Gasteiger partial charge in [-0.15, -0.1) is 0 Å². The van der Waals surface area contributed by atoms with Crippen molar-refractivity contribution in [1.29, 1.82) is 0 Å². The van der Waals surface area contributed by atoms with Crippen molar-refractivity contribution in [2.75, 3.05) is 25.3 Å². The summed E-state index contributed by atoms with van der Waals surface area (Å²) < 4.78 is 34.3. The maximum absolute atomic E-state index is 11.8. The number of sulfone groups is 1. The fourth-order valence-corrected chi connectivity index (χ4v) is 2.91. The van der Waals surface area contributed by atoms with Gasteiger partial charge in [-0.05, 0) is 36.8 Å². The molecule has 2 aromatic rings. The minimum Gasteiger partial charge on any atom is -0.493 e. The van der Waals surface area contributed by atoms with E-state index in [2.05, 4.69) is 10.3 Å². The first kappa shape index (κ1) is 17.1. The Morgan fingerprint density at radius 1 is 1.22 bits per heavy atom. The molecule has 0 aliphatic heterocycles. The number of benzene rings is 1. The highest BCUT2D eigenvalue weighted by Gasteiger charge is 2.14. The van der Waals surface area contributed by atoms with Gasteiger partial charge in [-0.1, -0.05) is 6.07 Å². The van der Waals surface area contributed by atoms with Crippen LogP contribution in [0, 0.1) is 0 Å². The van der Waals surface area contributed by atoms with Crippen LogP contribution in [0.2, 0.25) is 0 Å². The molecule has 0 saturated carbocycles. The lowest BCUT2D eigenvalue weighted by molar-refractivity contribution is 0.310. The van der Waals surface area contributed by atoms with Gasteiger partial charge in [0.1, 0.15) is 10.7 Å². The summed E-state index contributed by atoms with van der Waals surface area (Å²) in [7, 11) is -1.75. The molecule has 0 unspecified atom stereocenters. The van der Waals surface area contributed by atoms with Gasteiger partial charge < -0.3 is 14.8 Å². The van der Waals surface area contributed by atoms with Crippen molar-refractivity contribution < 1.29 is 17.9 Å². The summed E-state index contributed by atoms with van der Waals surface area (Å²) in [5, 5.41) is 3.06. The molecule has 0 aliphatic rings. The molecule has 0 aliphatic carbocycles. The summed E-state index contributed by atoms with van der Waals surface area (Å²) in [5.74, 6) is 1.65. The molecule has 1 N–H and O–H groups in total. The van der Waals surface area contributed by atoms with Crippen LogP contribution in [0.3, 0.4) is 0 Å². The van der Waals surface area contributed by atoms with Crippen molar-refractivity contribution in [3.05, 3.63) is 42.1 Å². The van der Waals surface area contributed by atoms with Gasteiger partial charge in [0.05, 0.1) is 13.7 Å². The van der Waals surface area contributed by atoms with E-state index in [9.17, 15) is 8.42 Å². The zero-order valence-electron chi connectivity index (χ0n) is 13.4. The second-order valence-corrected chi connectivity index (χ2v) is 6.88. The molecule has 1 heterocycles. The second kappa shape index (κ2) is 7.32. The number of anilines is 1. The maximum Gasteiger partial charge on any atom is 0.179 e. The molecule has 6 nitrogen and oxygen atoms in total. The van der Waals surface area contributed by atoms with Crippen LogP contribution >= 0.6 is 0 Å². The van der Waals surface area contributed by atoms with E-state index in [1.807, 2.05) is 25.1 Å². The highest BCUT2D eigenvalue weighted by molar-refractivity contribution is 7.90. The normalized spacial score (nSPS) is 11.1. The number of nitrogens with zero attached hydrogens (tertiary/aromatic N) is 1. The van der Waals surface area contributed by atoms with E-state index in [4.69, 9.17) is 9.47 Å². The molecule has 23 heavy (non-hydrogen) atoms. The number of nitrogens with one attached hydrogen (secondary N) is 1. The van der Waals surface area contributed by atoms with Gasteiger partial charge in [-0.25, -0.2) is 13.4 Å².